The number of rotatable bonds is 4. The highest BCUT2D eigenvalue weighted by molar-refractivity contribution is 6.31. The van der Waals surface area contributed by atoms with Gasteiger partial charge in [-0.25, -0.2) is 0 Å². The minimum atomic E-state index is -0.0562. The number of hydrogen-bond acceptors (Lipinski definition) is 2. The Morgan fingerprint density at radius 2 is 2.24 bits per heavy atom. The van der Waals surface area contributed by atoms with Gasteiger partial charge in [-0.3, -0.25) is 9.89 Å². The zero-order valence-electron chi connectivity index (χ0n) is 9.11. The minimum Gasteiger partial charge on any atom is -0.352 e. The first-order valence-electron chi connectivity index (χ1n) is 5.23. The lowest BCUT2D eigenvalue weighted by molar-refractivity contribution is -0.120. The van der Waals surface area contributed by atoms with Crippen LogP contribution < -0.4 is 5.32 Å². The molecule has 2 aromatic rings. The predicted octanol–water partition coefficient (Wildman–Crippen LogP) is 1.92. The van der Waals surface area contributed by atoms with Gasteiger partial charge in [0.2, 0.25) is 5.91 Å². The van der Waals surface area contributed by atoms with Crippen LogP contribution in [0.5, 0.6) is 0 Å². The summed E-state index contributed by atoms with van der Waals surface area (Å²) in [4.78, 5) is 11.7. The van der Waals surface area contributed by atoms with E-state index in [0.717, 1.165) is 11.1 Å². The number of carbonyl (C=O) groups excluding carboxylic acids is 1. The van der Waals surface area contributed by atoms with Gasteiger partial charge in [-0.05, 0) is 11.6 Å². The van der Waals surface area contributed by atoms with Crippen molar-refractivity contribution in [1.29, 1.82) is 0 Å². The second-order valence-electron chi connectivity index (χ2n) is 3.65. The van der Waals surface area contributed by atoms with Gasteiger partial charge in [0.15, 0.2) is 0 Å². The molecule has 0 spiro atoms. The average molecular weight is 250 g/mol. The maximum absolute atomic E-state index is 11.7. The molecule has 0 aliphatic rings. The summed E-state index contributed by atoms with van der Waals surface area (Å²) in [7, 11) is 0. The van der Waals surface area contributed by atoms with Gasteiger partial charge < -0.3 is 5.32 Å². The number of carbonyl (C=O) groups is 1. The number of H-pyrrole nitrogens is 1. The highest BCUT2D eigenvalue weighted by Gasteiger charge is 2.06. The number of aromatic nitrogens is 2. The van der Waals surface area contributed by atoms with E-state index in [1.165, 1.54) is 0 Å². The van der Waals surface area contributed by atoms with Gasteiger partial charge in [0.05, 0.1) is 12.6 Å². The van der Waals surface area contributed by atoms with Crippen molar-refractivity contribution in [3.05, 3.63) is 52.8 Å². The number of halogens is 1. The van der Waals surface area contributed by atoms with Gasteiger partial charge in [-0.15, -0.1) is 0 Å². The fourth-order valence-corrected chi connectivity index (χ4v) is 1.65. The van der Waals surface area contributed by atoms with Crippen LogP contribution in [0, 0.1) is 0 Å². The third kappa shape index (κ3) is 3.32. The third-order valence-electron chi connectivity index (χ3n) is 2.35. The molecule has 0 bridgehead atoms. The number of aromatic amines is 1. The molecule has 0 saturated carbocycles. The van der Waals surface area contributed by atoms with Crippen molar-refractivity contribution in [2.75, 3.05) is 0 Å². The van der Waals surface area contributed by atoms with Crippen molar-refractivity contribution in [2.45, 2.75) is 13.0 Å². The zero-order chi connectivity index (χ0) is 12.1. The Labute approximate surface area is 104 Å². The topological polar surface area (TPSA) is 57.8 Å². The van der Waals surface area contributed by atoms with Gasteiger partial charge >= 0.3 is 0 Å². The number of hydrogen-bond donors (Lipinski definition) is 2. The first-order chi connectivity index (χ1) is 8.25. The van der Waals surface area contributed by atoms with Crippen LogP contribution in [0.4, 0.5) is 0 Å². The molecule has 1 heterocycles. The molecule has 1 aromatic heterocycles. The molecule has 2 rings (SSSR count). The SMILES string of the molecule is O=C(Cc1ccccc1Cl)NCc1cn[nH]c1. The molecule has 17 heavy (non-hydrogen) atoms. The maximum atomic E-state index is 11.7. The van der Waals surface area contributed by atoms with Crippen molar-refractivity contribution in [3.8, 4) is 0 Å². The van der Waals surface area contributed by atoms with E-state index < -0.39 is 0 Å². The van der Waals surface area contributed by atoms with Crippen LogP contribution in [-0.4, -0.2) is 16.1 Å². The minimum absolute atomic E-state index is 0.0562. The first-order valence-corrected chi connectivity index (χ1v) is 5.61. The van der Waals surface area contributed by atoms with E-state index in [4.69, 9.17) is 11.6 Å². The number of nitrogens with zero attached hydrogens (tertiary/aromatic N) is 1. The van der Waals surface area contributed by atoms with Crippen molar-refractivity contribution in [1.82, 2.24) is 15.5 Å². The third-order valence-corrected chi connectivity index (χ3v) is 2.72. The molecule has 88 valence electrons. The van der Waals surface area contributed by atoms with E-state index in [1.807, 2.05) is 18.2 Å². The second-order valence-corrected chi connectivity index (χ2v) is 4.06. The van der Waals surface area contributed by atoms with E-state index in [2.05, 4.69) is 15.5 Å². The summed E-state index contributed by atoms with van der Waals surface area (Å²) in [6, 6.07) is 7.33. The quantitative estimate of drug-likeness (QED) is 0.870. The van der Waals surface area contributed by atoms with Crippen LogP contribution in [0.3, 0.4) is 0 Å². The van der Waals surface area contributed by atoms with Crippen molar-refractivity contribution >= 4 is 17.5 Å². The normalized spacial score (nSPS) is 10.2. The highest BCUT2D eigenvalue weighted by atomic mass is 35.5. The molecule has 4 nitrogen and oxygen atoms in total. The fraction of sp³-hybridized carbons (Fsp3) is 0.167. The summed E-state index contributed by atoms with van der Waals surface area (Å²) >= 11 is 5.97. The summed E-state index contributed by atoms with van der Waals surface area (Å²) in [6.07, 6.45) is 3.71. The molecule has 1 aromatic carbocycles. The van der Waals surface area contributed by atoms with Crippen LogP contribution in [0.15, 0.2) is 36.7 Å². The van der Waals surface area contributed by atoms with Gasteiger partial charge in [0.1, 0.15) is 0 Å². The Balaban J connectivity index is 1.87. The molecule has 0 atom stereocenters. The Kier molecular flexibility index (Phi) is 3.77. The maximum Gasteiger partial charge on any atom is 0.224 e. The lowest BCUT2D eigenvalue weighted by Gasteiger charge is -2.05. The smallest absolute Gasteiger partial charge is 0.224 e. The van der Waals surface area contributed by atoms with Gasteiger partial charge in [0.25, 0.3) is 0 Å². The summed E-state index contributed by atoms with van der Waals surface area (Å²) in [6.45, 7) is 0.472. The lowest BCUT2D eigenvalue weighted by atomic mass is 10.1. The van der Waals surface area contributed by atoms with E-state index in [0.29, 0.717) is 11.6 Å². The van der Waals surface area contributed by atoms with Crippen LogP contribution in [0.25, 0.3) is 0 Å². The highest BCUT2D eigenvalue weighted by Crippen LogP contribution is 2.15. The molecule has 1 amide bonds. The van der Waals surface area contributed by atoms with Crippen molar-refractivity contribution in [3.63, 3.8) is 0 Å². The number of amides is 1. The van der Waals surface area contributed by atoms with Crippen LogP contribution >= 0.6 is 11.6 Å². The molecule has 0 aliphatic heterocycles. The van der Waals surface area contributed by atoms with Gasteiger partial charge in [0, 0.05) is 23.3 Å². The molecule has 0 radical (unpaired) electrons. The van der Waals surface area contributed by atoms with Crippen LogP contribution in [-0.2, 0) is 17.8 Å². The first kappa shape index (κ1) is 11.7. The lowest BCUT2D eigenvalue weighted by Crippen LogP contribution is -2.24. The molecule has 2 N–H and O–H groups in total. The molecular formula is C12H12ClN3O. The van der Waals surface area contributed by atoms with E-state index >= 15 is 0 Å². The van der Waals surface area contributed by atoms with E-state index in [9.17, 15) is 4.79 Å². The summed E-state index contributed by atoms with van der Waals surface area (Å²) in [5.41, 5.74) is 1.77. The standard InChI is InChI=1S/C12H12ClN3O/c13-11-4-2-1-3-10(11)5-12(17)14-6-9-7-15-16-8-9/h1-4,7-8H,5-6H2,(H,14,17)(H,15,16). The van der Waals surface area contributed by atoms with Gasteiger partial charge in [-0.2, -0.15) is 5.10 Å². The molecular weight excluding hydrogens is 238 g/mol. The number of nitrogens with one attached hydrogen (secondary N) is 2. The van der Waals surface area contributed by atoms with Crippen LogP contribution in [0.1, 0.15) is 11.1 Å². The Morgan fingerprint density at radius 3 is 2.94 bits per heavy atom. The number of benzene rings is 1. The Bertz CT molecular complexity index is 496. The van der Waals surface area contributed by atoms with Gasteiger partial charge in [-0.1, -0.05) is 29.8 Å². The summed E-state index contributed by atoms with van der Waals surface area (Å²) in [5.74, 6) is -0.0562. The monoisotopic (exact) mass is 249 g/mol. The summed E-state index contributed by atoms with van der Waals surface area (Å²) < 4.78 is 0. The molecule has 0 unspecified atom stereocenters. The summed E-state index contributed by atoms with van der Waals surface area (Å²) in [5, 5.41) is 9.91. The van der Waals surface area contributed by atoms with E-state index in [1.54, 1.807) is 18.5 Å². The largest absolute Gasteiger partial charge is 0.352 e. The average Bonchev–Trinajstić information content (AvgIpc) is 2.82. The molecule has 0 aliphatic carbocycles. The fourth-order valence-electron chi connectivity index (χ4n) is 1.45. The van der Waals surface area contributed by atoms with Crippen molar-refractivity contribution in [2.24, 2.45) is 0 Å². The van der Waals surface area contributed by atoms with Crippen molar-refractivity contribution < 1.29 is 4.79 Å². The molecule has 0 fully saturated rings. The molecule has 5 heteroatoms. The van der Waals surface area contributed by atoms with E-state index in [-0.39, 0.29) is 12.3 Å². The Hall–Kier alpha value is -1.81. The molecule has 0 saturated heterocycles. The Morgan fingerprint density at radius 1 is 1.41 bits per heavy atom. The van der Waals surface area contributed by atoms with Crippen LogP contribution in [0.2, 0.25) is 5.02 Å². The second kappa shape index (κ2) is 5.50. The predicted molar refractivity (Wildman–Crippen MR) is 65.6 cm³/mol. The zero-order valence-corrected chi connectivity index (χ0v) is 9.87.